The van der Waals surface area contributed by atoms with Crippen LogP contribution in [0.5, 0.6) is 0 Å². The van der Waals surface area contributed by atoms with E-state index in [1.54, 1.807) is 29.9 Å². The maximum atomic E-state index is 12.0. The lowest BCUT2D eigenvalue weighted by Crippen LogP contribution is -2.14. The van der Waals surface area contributed by atoms with Gasteiger partial charge in [-0.1, -0.05) is 11.6 Å². The Labute approximate surface area is 110 Å². The molecular weight excluding hydrogens is 252 g/mol. The third-order valence-electron chi connectivity index (χ3n) is 2.74. The van der Waals surface area contributed by atoms with Crippen LogP contribution in [0.3, 0.4) is 0 Å². The Hall–Kier alpha value is -2.01. The number of benzene rings is 1. The molecule has 0 fully saturated rings. The van der Waals surface area contributed by atoms with Gasteiger partial charge in [0.05, 0.1) is 23.1 Å². The minimum atomic E-state index is -0.241. The van der Waals surface area contributed by atoms with Crippen LogP contribution >= 0.6 is 11.6 Å². The van der Waals surface area contributed by atoms with Crippen LogP contribution in [0.4, 0.5) is 11.4 Å². The number of nitrogen functional groups attached to an aromatic ring is 1. The first-order chi connectivity index (χ1) is 8.49. The molecule has 0 atom stereocenters. The highest BCUT2D eigenvalue weighted by Crippen LogP contribution is 2.23. The molecular formula is C12H13ClN4O. The number of carbonyl (C=O) groups is 1. The van der Waals surface area contributed by atoms with Crippen LogP contribution in [0.15, 0.2) is 24.4 Å². The number of hydrogen-bond acceptors (Lipinski definition) is 3. The summed E-state index contributed by atoms with van der Waals surface area (Å²) < 4.78 is 1.64. The van der Waals surface area contributed by atoms with Crippen LogP contribution in [0, 0.1) is 6.92 Å². The quantitative estimate of drug-likeness (QED) is 0.817. The zero-order valence-corrected chi connectivity index (χ0v) is 10.8. The zero-order valence-electron chi connectivity index (χ0n) is 10.1. The molecule has 3 N–H and O–H groups in total. The Balaban J connectivity index is 2.24. The van der Waals surface area contributed by atoms with E-state index < -0.39 is 0 Å². The Morgan fingerprint density at radius 3 is 2.78 bits per heavy atom. The number of aromatic nitrogens is 2. The Kier molecular flexibility index (Phi) is 3.25. The SMILES string of the molecule is Cc1c(C(=O)Nc2ccc(Cl)cc2N)cnn1C. The van der Waals surface area contributed by atoms with Gasteiger partial charge in [0.15, 0.2) is 0 Å². The van der Waals surface area contributed by atoms with Crippen LogP contribution in [0.25, 0.3) is 0 Å². The fourth-order valence-corrected chi connectivity index (χ4v) is 1.74. The molecule has 1 aromatic heterocycles. The molecule has 2 rings (SSSR count). The highest BCUT2D eigenvalue weighted by Gasteiger charge is 2.13. The van der Waals surface area contributed by atoms with Crippen molar-refractivity contribution < 1.29 is 4.79 Å². The average molecular weight is 265 g/mol. The summed E-state index contributed by atoms with van der Waals surface area (Å²) in [6.07, 6.45) is 1.52. The standard InChI is InChI=1S/C12H13ClN4O/c1-7-9(6-15-17(7)2)12(18)16-11-4-3-8(13)5-10(11)14/h3-6H,14H2,1-2H3,(H,16,18). The lowest BCUT2D eigenvalue weighted by molar-refractivity contribution is 0.102. The van der Waals surface area contributed by atoms with Gasteiger partial charge in [-0.2, -0.15) is 5.10 Å². The highest BCUT2D eigenvalue weighted by molar-refractivity contribution is 6.31. The molecule has 2 aromatic rings. The average Bonchev–Trinajstić information content (AvgIpc) is 2.64. The topological polar surface area (TPSA) is 72.9 Å². The number of carbonyl (C=O) groups excluding carboxylic acids is 1. The van der Waals surface area contributed by atoms with E-state index in [0.717, 1.165) is 5.69 Å². The lowest BCUT2D eigenvalue weighted by atomic mass is 10.2. The maximum Gasteiger partial charge on any atom is 0.259 e. The maximum absolute atomic E-state index is 12.0. The first kappa shape index (κ1) is 12.4. The van der Waals surface area contributed by atoms with E-state index in [4.69, 9.17) is 17.3 Å². The second kappa shape index (κ2) is 4.70. The summed E-state index contributed by atoms with van der Waals surface area (Å²) in [6, 6.07) is 4.93. The molecule has 0 saturated carbocycles. The zero-order chi connectivity index (χ0) is 13.3. The molecule has 1 amide bonds. The summed E-state index contributed by atoms with van der Waals surface area (Å²) in [6.45, 7) is 1.83. The van der Waals surface area contributed by atoms with E-state index in [2.05, 4.69) is 10.4 Å². The molecule has 0 bridgehead atoms. The number of nitrogens with one attached hydrogen (secondary N) is 1. The van der Waals surface area contributed by atoms with Gasteiger partial charge in [-0.25, -0.2) is 0 Å². The van der Waals surface area contributed by atoms with E-state index in [1.165, 1.54) is 6.20 Å². The molecule has 1 heterocycles. The predicted molar refractivity (Wildman–Crippen MR) is 71.8 cm³/mol. The summed E-state index contributed by atoms with van der Waals surface area (Å²) >= 11 is 5.79. The minimum Gasteiger partial charge on any atom is -0.397 e. The smallest absolute Gasteiger partial charge is 0.259 e. The van der Waals surface area contributed by atoms with Crippen molar-refractivity contribution in [2.24, 2.45) is 7.05 Å². The van der Waals surface area contributed by atoms with Crippen LogP contribution in [0.2, 0.25) is 5.02 Å². The van der Waals surface area contributed by atoms with E-state index in [1.807, 2.05) is 6.92 Å². The number of hydrogen-bond donors (Lipinski definition) is 2. The number of amides is 1. The largest absolute Gasteiger partial charge is 0.397 e. The van der Waals surface area contributed by atoms with Crippen molar-refractivity contribution in [1.29, 1.82) is 0 Å². The second-order valence-electron chi connectivity index (χ2n) is 3.95. The van der Waals surface area contributed by atoms with Crippen molar-refractivity contribution in [2.45, 2.75) is 6.92 Å². The molecule has 0 aliphatic carbocycles. The molecule has 0 saturated heterocycles. The van der Waals surface area contributed by atoms with Gasteiger partial charge < -0.3 is 11.1 Å². The van der Waals surface area contributed by atoms with Crippen LogP contribution < -0.4 is 11.1 Å². The number of nitrogens with two attached hydrogens (primary N) is 1. The van der Waals surface area contributed by atoms with Gasteiger partial charge in [-0.15, -0.1) is 0 Å². The lowest BCUT2D eigenvalue weighted by Gasteiger charge is -2.08. The van der Waals surface area contributed by atoms with Crippen LogP contribution in [-0.2, 0) is 7.05 Å². The highest BCUT2D eigenvalue weighted by atomic mass is 35.5. The van der Waals surface area contributed by atoms with Crippen LogP contribution in [-0.4, -0.2) is 15.7 Å². The number of rotatable bonds is 2. The number of anilines is 2. The molecule has 1 aromatic carbocycles. The molecule has 0 aliphatic rings. The van der Waals surface area contributed by atoms with Crippen molar-refractivity contribution in [3.8, 4) is 0 Å². The molecule has 0 unspecified atom stereocenters. The van der Waals surface area contributed by atoms with Crippen LogP contribution in [0.1, 0.15) is 16.1 Å². The van der Waals surface area contributed by atoms with E-state index >= 15 is 0 Å². The van der Waals surface area contributed by atoms with Crippen molar-refractivity contribution in [1.82, 2.24) is 9.78 Å². The molecule has 0 spiro atoms. The Morgan fingerprint density at radius 1 is 1.50 bits per heavy atom. The third-order valence-corrected chi connectivity index (χ3v) is 2.98. The van der Waals surface area contributed by atoms with Crippen molar-refractivity contribution in [2.75, 3.05) is 11.1 Å². The minimum absolute atomic E-state index is 0.241. The predicted octanol–water partition coefficient (Wildman–Crippen LogP) is 2.22. The number of aryl methyl sites for hydroxylation is 1. The number of halogens is 1. The summed E-state index contributed by atoms with van der Waals surface area (Å²) in [5.74, 6) is -0.241. The van der Waals surface area contributed by atoms with Gasteiger partial charge >= 0.3 is 0 Å². The third kappa shape index (κ3) is 2.31. The molecule has 94 valence electrons. The van der Waals surface area contributed by atoms with E-state index in [9.17, 15) is 4.79 Å². The summed E-state index contributed by atoms with van der Waals surface area (Å²) in [4.78, 5) is 12.0. The fraction of sp³-hybridized carbons (Fsp3) is 0.167. The summed E-state index contributed by atoms with van der Waals surface area (Å²) in [5, 5.41) is 7.28. The molecule has 0 aliphatic heterocycles. The van der Waals surface area contributed by atoms with Crippen molar-refractivity contribution >= 4 is 28.9 Å². The second-order valence-corrected chi connectivity index (χ2v) is 4.39. The van der Waals surface area contributed by atoms with Gasteiger partial charge in [0, 0.05) is 17.8 Å². The first-order valence-corrected chi connectivity index (χ1v) is 5.72. The van der Waals surface area contributed by atoms with Gasteiger partial charge in [0.25, 0.3) is 5.91 Å². The summed E-state index contributed by atoms with van der Waals surface area (Å²) in [5.41, 5.74) is 8.05. The Morgan fingerprint density at radius 2 is 2.22 bits per heavy atom. The van der Waals surface area contributed by atoms with E-state index in [0.29, 0.717) is 22.0 Å². The van der Waals surface area contributed by atoms with E-state index in [-0.39, 0.29) is 5.91 Å². The van der Waals surface area contributed by atoms with Gasteiger partial charge in [-0.05, 0) is 25.1 Å². The first-order valence-electron chi connectivity index (χ1n) is 5.34. The Bertz CT molecular complexity index is 606. The normalized spacial score (nSPS) is 10.4. The molecule has 5 nitrogen and oxygen atoms in total. The molecule has 6 heteroatoms. The van der Waals surface area contributed by atoms with Gasteiger partial charge in [0.1, 0.15) is 0 Å². The molecule has 0 radical (unpaired) electrons. The molecule has 18 heavy (non-hydrogen) atoms. The monoisotopic (exact) mass is 264 g/mol. The van der Waals surface area contributed by atoms with Gasteiger partial charge in [0.2, 0.25) is 0 Å². The van der Waals surface area contributed by atoms with Crippen molar-refractivity contribution in [3.05, 3.63) is 40.7 Å². The summed E-state index contributed by atoms with van der Waals surface area (Å²) in [7, 11) is 1.78. The van der Waals surface area contributed by atoms with Crippen molar-refractivity contribution in [3.63, 3.8) is 0 Å². The number of nitrogens with zero attached hydrogens (tertiary/aromatic N) is 2. The van der Waals surface area contributed by atoms with Gasteiger partial charge in [-0.3, -0.25) is 9.48 Å². The fourth-order valence-electron chi connectivity index (χ4n) is 1.56.